The molecule has 13 heavy (non-hydrogen) atoms. The summed E-state index contributed by atoms with van der Waals surface area (Å²) in [5, 5.41) is 0. The zero-order valence-corrected chi connectivity index (χ0v) is 10.7. The van der Waals surface area contributed by atoms with E-state index in [2.05, 4.69) is 49.4 Å². The summed E-state index contributed by atoms with van der Waals surface area (Å²) < 4.78 is 0. The van der Waals surface area contributed by atoms with Gasteiger partial charge in [-0.1, -0.05) is 60.2 Å². The first-order valence-electron chi connectivity index (χ1n) is 5.67. The molecule has 0 aromatic carbocycles. The van der Waals surface area contributed by atoms with E-state index in [-0.39, 0.29) is 0 Å². The normalized spacial score (nSPS) is 15.8. The van der Waals surface area contributed by atoms with Gasteiger partial charge in [0.1, 0.15) is 7.85 Å². The van der Waals surface area contributed by atoms with E-state index in [1.807, 2.05) is 0 Å². The van der Waals surface area contributed by atoms with Gasteiger partial charge in [0.15, 0.2) is 0 Å². The first-order valence-corrected chi connectivity index (χ1v) is 5.67. The van der Waals surface area contributed by atoms with Gasteiger partial charge in [0.25, 0.3) is 0 Å². The zero-order valence-electron chi connectivity index (χ0n) is 10.7. The highest BCUT2D eigenvalue weighted by Gasteiger charge is 2.31. The monoisotopic (exact) mass is 182 g/mol. The predicted molar refractivity (Wildman–Crippen MR) is 65.1 cm³/mol. The Morgan fingerprint density at radius 2 is 1.54 bits per heavy atom. The van der Waals surface area contributed by atoms with Crippen molar-refractivity contribution in [3.8, 4) is 0 Å². The van der Waals surface area contributed by atoms with E-state index in [1.165, 1.54) is 19.3 Å². The second-order valence-corrected chi connectivity index (χ2v) is 6.42. The van der Waals surface area contributed by atoms with Crippen LogP contribution in [0.25, 0.3) is 0 Å². The molecular formula is C12H27B. The summed E-state index contributed by atoms with van der Waals surface area (Å²) in [5.41, 5.74) is 0.909. The molecular weight excluding hydrogens is 155 g/mol. The van der Waals surface area contributed by atoms with Crippen molar-refractivity contribution in [2.75, 3.05) is 0 Å². The average molecular weight is 182 g/mol. The molecule has 1 unspecified atom stereocenters. The molecule has 0 rings (SSSR count). The summed E-state index contributed by atoms with van der Waals surface area (Å²) in [6.07, 6.45) is 4.11. The minimum absolute atomic E-state index is 0.435. The van der Waals surface area contributed by atoms with Crippen LogP contribution >= 0.6 is 0 Å². The van der Waals surface area contributed by atoms with Crippen molar-refractivity contribution < 1.29 is 0 Å². The molecule has 1 atom stereocenters. The quantitative estimate of drug-likeness (QED) is 0.582. The molecule has 0 spiro atoms. The minimum Gasteiger partial charge on any atom is -0.0725 e. The van der Waals surface area contributed by atoms with Gasteiger partial charge < -0.3 is 0 Å². The fourth-order valence-electron chi connectivity index (χ4n) is 1.33. The van der Waals surface area contributed by atoms with Crippen molar-refractivity contribution in [1.82, 2.24) is 0 Å². The summed E-state index contributed by atoms with van der Waals surface area (Å²) in [6, 6.07) is 0. The molecule has 0 saturated heterocycles. The highest BCUT2D eigenvalue weighted by atomic mass is 14.4. The summed E-state index contributed by atoms with van der Waals surface area (Å²) in [4.78, 5) is 0. The average Bonchev–Trinajstić information content (AvgIpc) is 1.82. The van der Waals surface area contributed by atoms with Crippen LogP contribution in [-0.4, -0.2) is 7.85 Å². The smallest absolute Gasteiger partial charge is 0.0725 e. The minimum atomic E-state index is 0.435. The Kier molecular flexibility index (Phi) is 4.55. The van der Waals surface area contributed by atoms with E-state index >= 15 is 0 Å². The fourth-order valence-corrected chi connectivity index (χ4v) is 1.33. The van der Waals surface area contributed by atoms with E-state index in [0.717, 1.165) is 5.82 Å². The molecule has 0 aromatic heterocycles. The van der Waals surface area contributed by atoms with Gasteiger partial charge in [0.2, 0.25) is 0 Å². The lowest BCUT2D eigenvalue weighted by Crippen LogP contribution is -2.29. The summed E-state index contributed by atoms with van der Waals surface area (Å²) in [5.74, 6) is 0.857. The van der Waals surface area contributed by atoms with E-state index in [0.29, 0.717) is 10.8 Å². The third kappa shape index (κ3) is 4.74. The maximum absolute atomic E-state index is 2.40. The Hall–Kier alpha value is 0.0649. The van der Waals surface area contributed by atoms with E-state index in [1.54, 1.807) is 0 Å². The highest BCUT2D eigenvalue weighted by molar-refractivity contribution is 6.11. The summed E-state index contributed by atoms with van der Waals surface area (Å²) in [6.45, 7) is 14.2. The molecule has 0 nitrogen and oxygen atoms in total. The molecule has 0 radical (unpaired) electrons. The van der Waals surface area contributed by atoms with Crippen molar-refractivity contribution in [3.63, 3.8) is 0 Å². The molecule has 0 bridgehead atoms. The lowest BCUT2D eigenvalue weighted by atomic mass is 9.66. The van der Waals surface area contributed by atoms with Crippen molar-refractivity contribution in [1.29, 1.82) is 0 Å². The molecule has 0 aliphatic rings. The largest absolute Gasteiger partial charge is 0.105 e. The van der Waals surface area contributed by atoms with E-state index in [4.69, 9.17) is 0 Å². The third-order valence-electron chi connectivity index (χ3n) is 3.61. The molecule has 0 aliphatic heterocycles. The molecule has 1 heteroatoms. The topological polar surface area (TPSA) is 0 Å². The summed E-state index contributed by atoms with van der Waals surface area (Å²) >= 11 is 0. The predicted octanol–water partition coefficient (Wildman–Crippen LogP) is 3.67. The van der Waals surface area contributed by atoms with Crippen molar-refractivity contribution >= 4 is 7.85 Å². The van der Waals surface area contributed by atoms with Crippen LogP contribution in [0.1, 0.15) is 60.8 Å². The van der Waals surface area contributed by atoms with Gasteiger partial charge in [0, 0.05) is 0 Å². The second kappa shape index (κ2) is 4.53. The van der Waals surface area contributed by atoms with Crippen LogP contribution in [0, 0.1) is 10.8 Å². The maximum atomic E-state index is 2.40. The van der Waals surface area contributed by atoms with E-state index < -0.39 is 0 Å². The number of hydrogen-bond acceptors (Lipinski definition) is 0. The third-order valence-corrected chi connectivity index (χ3v) is 3.61. The van der Waals surface area contributed by atoms with Crippen LogP contribution in [0.15, 0.2) is 0 Å². The van der Waals surface area contributed by atoms with Crippen molar-refractivity contribution in [2.45, 2.75) is 66.6 Å². The van der Waals surface area contributed by atoms with E-state index in [9.17, 15) is 0 Å². The summed E-state index contributed by atoms with van der Waals surface area (Å²) in [7, 11) is 2.31. The Labute approximate surface area is 85.9 Å². The second-order valence-electron chi connectivity index (χ2n) is 6.42. The molecule has 0 aromatic rings. The lowest BCUT2D eigenvalue weighted by Gasteiger charge is -2.39. The van der Waals surface area contributed by atoms with Crippen LogP contribution in [-0.2, 0) is 0 Å². The number of rotatable bonds is 4. The van der Waals surface area contributed by atoms with Gasteiger partial charge in [-0.25, -0.2) is 0 Å². The zero-order chi connectivity index (χ0) is 10.7. The van der Waals surface area contributed by atoms with Gasteiger partial charge >= 0.3 is 0 Å². The van der Waals surface area contributed by atoms with Gasteiger partial charge in [-0.15, -0.1) is 0 Å². The van der Waals surface area contributed by atoms with Gasteiger partial charge in [-0.3, -0.25) is 0 Å². The van der Waals surface area contributed by atoms with Gasteiger partial charge in [-0.05, 0) is 17.3 Å². The van der Waals surface area contributed by atoms with Crippen LogP contribution < -0.4 is 0 Å². The van der Waals surface area contributed by atoms with Crippen LogP contribution in [0.4, 0.5) is 0 Å². The Balaban J connectivity index is 3.90. The molecule has 0 saturated carbocycles. The Morgan fingerprint density at radius 3 is 1.85 bits per heavy atom. The van der Waals surface area contributed by atoms with Gasteiger partial charge in [0.05, 0.1) is 0 Å². The fraction of sp³-hybridized carbons (Fsp3) is 1.00. The lowest BCUT2D eigenvalue weighted by molar-refractivity contribution is 0.116. The molecule has 0 aliphatic carbocycles. The molecule has 0 N–H and O–H groups in total. The molecule has 0 heterocycles. The molecule has 0 fully saturated rings. The first kappa shape index (κ1) is 13.1. The Morgan fingerprint density at radius 1 is 1.08 bits per heavy atom. The van der Waals surface area contributed by atoms with Gasteiger partial charge in [-0.2, -0.15) is 0 Å². The van der Waals surface area contributed by atoms with Crippen LogP contribution in [0.2, 0.25) is 5.82 Å². The van der Waals surface area contributed by atoms with Crippen molar-refractivity contribution in [2.24, 2.45) is 10.8 Å². The molecule has 78 valence electrons. The van der Waals surface area contributed by atoms with Crippen molar-refractivity contribution in [3.05, 3.63) is 0 Å². The maximum Gasteiger partial charge on any atom is 0.105 e. The standard InChI is InChI=1S/C12H27B/c1-10(13)8-7-9-12(5,6)11(2,3)4/h10H,7-9,13H2,1-6H3. The molecule has 0 amide bonds. The Bertz CT molecular complexity index is 140. The first-order chi connectivity index (χ1) is 5.67. The number of hydrogen-bond donors (Lipinski definition) is 0. The SMILES string of the molecule is BC(C)CCCC(C)(C)C(C)(C)C. The van der Waals surface area contributed by atoms with Crippen LogP contribution in [0.5, 0.6) is 0 Å². The highest BCUT2D eigenvalue weighted by Crippen LogP contribution is 2.42. The van der Waals surface area contributed by atoms with Crippen LogP contribution in [0.3, 0.4) is 0 Å².